The highest BCUT2D eigenvalue weighted by molar-refractivity contribution is 6.29. The van der Waals surface area contributed by atoms with Gasteiger partial charge in [0.1, 0.15) is 16.9 Å². The number of rotatable bonds is 4. The number of hydrogen-bond acceptors (Lipinski definition) is 4. The fourth-order valence-corrected chi connectivity index (χ4v) is 1.67. The van der Waals surface area contributed by atoms with Crippen molar-refractivity contribution in [2.75, 3.05) is 0 Å². The molecule has 110 valence electrons. The molecular weight excluding hydrogens is 316 g/mol. The summed E-state index contributed by atoms with van der Waals surface area (Å²) < 4.78 is 54.8. The fourth-order valence-electron chi connectivity index (χ4n) is 1.53. The van der Waals surface area contributed by atoms with E-state index in [0.29, 0.717) is 4.68 Å². The van der Waals surface area contributed by atoms with Crippen molar-refractivity contribution >= 4 is 11.6 Å². The molecule has 5 nitrogen and oxygen atoms in total. The van der Waals surface area contributed by atoms with Crippen LogP contribution in [0.5, 0.6) is 5.88 Å². The zero-order valence-electron chi connectivity index (χ0n) is 9.97. The number of alkyl halides is 4. The highest BCUT2D eigenvalue weighted by Crippen LogP contribution is 2.27. The monoisotopic (exact) mass is 320 g/mol. The summed E-state index contributed by atoms with van der Waals surface area (Å²) in [6.45, 7) is -3.17. The SMILES string of the molecule is N#Cc1cc(OC(F)F)nn1-c1nc(Cl)ccc1C(F)F. The van der Waals surface area contributed by atoms with Crippen LogP contribution >= 0.6 is 11.6 Å². The molecule has 2 heterocycles. The summed E-state index contributed by atoms with van der Waals surface area (Å²) in [5.74, 6) is -1.03. The summed E-state index contributed by atoms with van der Waals surface area (Å²) >= 11 is 5.63. The average molecular weight is 321 g/mol. The van der Waals surface area contributed by atoms with E-state index in [1.165, 1.54) is 0 Å². The first-order chi connectivity index (χ1) is 9.92. The standard InChI is InChI=1S/C11H5ClF4N4O/c12-7-2-1-6(9(13)14)10(18-7)20-5(4-17)3-8(19-20)21-11(15)16/h1-3,9,11H. The molecule has 0 N–H and O–H groups in total. The number of halogens is 5. The van der Waals surface area contributed by atoms with Crippen molar-refractivity contribution in [1.29, 1.82) is 5.26 Å². The minimum atomic E-state index is -3.17. The van der Waals surface area contributed by atoms with E-state index in [2.05, 4.69) is 14.8 Å². The molecule has 0 aliphatic rings. The molecule has 0 spiro atoms. The average Bonchev–Trinajstić information content (AvgIpc) is 2.80. The van der Waals surface area contributed by atoms with Crippen molar-refractivity contribution in [3.63, 3.8) is 0 Å². The minimum absolute atomic E-state index is 0.120. The van der Waals surface area contributed by atoms with Gasteiger partial charge in [0.15, 0.2) is 5.82 Å². The van der Waals surface area contributed by atoms with Gasteiger partial charge in [-0.05, 0) is 12.1 Å². The molecule has 0 saturated heterocycles. The van der Waals surface area contributed by atoms with Crippen LogP contribution in [0, 0.1) is 11.3 Å². The first kappa shape index (κ1) is 15.1. The predicted molar refractivity (Wildman–Crippen MR) is 62.7 cm³/mol. The van der Waals surface area contributed by atoms with Gasteiger partial charge in [-0.25, -0.2) is 18.4 Å². The van der Waals surface area contributed by atoms with Crippen LogP contribution < -0.4 is 4.74 Å². The fraction of sp³-hybridized carbons (Fsp3) is 0.182. The van der Waals surface area contributed by atoms with Crippen molar-refractivity contribution in [2.45, 2.75) is 13.0 Å². The van der Waals surface area contributed by atoms with E-state index in [1.807, 2.05) is 0 Å². The summed E-state index contributed by atoms with van der Waals surface area (Å²) in [6.07, 6.45) is -2.92. The molecule has 21 heavy (non-hydrogen) atoms. The smallest absolute Gasteiger partial charge is 0.388 e. The van der Waals surface area contributed by atoms with Gasteiger partial charge in [0.25, 0.3) is 6.43 Å². The van der Waals surface area contributed by atoms with E-state index < -0.39 is 30.3 Å². The molecule has 0 atom stereocenters. The Morgan fingerprint density at radius 2 is 2.00 bits per heavy atom. The molecule has 0 radical (unpaired) electrons. The summed E-state index contributed by atoms with van der Waals surface area (Å²) in [5.41, 5.74) is -0.857. The largest absolute Gasteiger partial charge is 0.415 e. The van der Waals surface area contributed by atoms with Crippen LogP contribution in [0.4, 0.5) is 17.6 Å². The third-order valence-corrected chi connectivity index (χ3v) is 2.53. The topological polar surface area (TPSA) is 63.7 Å². The third kappa shape index (κ3) is 3.22. The molecule has 0 aliphatic heterocycles. The zero-order chi connectivity index (χ0) is 15.6. The normalized spacial score (nSPS) is 11.0. The van der Waals surface area contributed by atoms with Gasteiger partial charge in [-0.15, -0.1) is 5.10 Å². The Balaban J connectivity index is 2.58. The van der Waals surface area contributed by atoms with Gasteiger partial charge in [-0.3, -0.25) is 0 Å². The summed E-state index contributed by atoms with van der Waals surface area (Å²) in [5, 5.41) is 12.3. The number of pyridine rings is 1. The number of nitrogens with zero attached hydrogens (tertiary/aromatic N) is 4. The molecule has 0 aromatic carbocycles. The van der Waals surface area contributed by atoms with E-state index in [9.17, 15) is 17.6 Å². The number of nitriles is 1. The highest BCUT2D eigenvalue weighted by Gasteiger charge is 2.21. The van der Waals surface area contributed by atoms with Crippen molar-refractivity contribution in [1.82, 2.24) is 14.8 Å². The number of ether oxygens (including phenoxy) is 1. The molecule has 2 rings (SSSR count). The quantitative estimate of drug-likeness (QED) is 0.640. The van der Waals surface area contributed by atoms with Gasteiger partial charge >= 0.3 is 6.61 Å². The molecular formula is C11H5ClF4N4O. The lowest BCUT2D eigenvalue weighted by Crippen LogP contribution is -2.08. The van der Waals surface area contributed by atoms with Gasteiger partial charge in [-0.1, -0.05) is 11.6 Å². The van der Waals surface area contributed by atoms with Gasteiger partial charge in [-0.2, -0.15) is 14.0 Å². The van der Waals surface area contributed by atoms with Crippen molar-refractivity contribution in [3.05, 3.63) is 34.6 Å². The summed E-state index contributed by atoms with van der Waals surface area (Å²) in [4.78, 5) is 3.66. The Morgan fingerprint density at radius 3 is 2.57 bits per heavy atom. The first-order valence-electron chi connectivity index (χ1n) is 5.32. The predicted octanol–water partition coefficient (Wildman–Crippen LogP) is 3.33. The van der Waals surface area contributed by atoms with Crippen LogP contribution in [-0.4, -0.2) is 21.4 Å². The maximum atomic E-state index is 12.9. The summed E-state index contributed by atoms with van der Waals surface area (Å²) in [6, 6.07) is 4.64. The van der Waals surface area contributed by atoms with E-state index in [4.69, 9.17) is 16.9 Å². The maximum absolute atomic E-state index is 12.9. The Morgan fingerprint density at radius 1 is 1.29 bits per heavy atom. The molecule has 2 aromatic rings. The molecule has 10 heteroatoms. The van der Waals surface area contributed by atoms with Gasteiger partial charge < -0.3 is 4.74 Å². The van der Waals surface area contributed by atoms with Gasteiger partial charge in [0.05, 0.1) is 5.56 Å². The molecule has 0 aliphatic carbocycles. The Kier molecular flexibility index (Phi) is 4.28. The first-order valence-corrected chi connectivity index (χ1v) is 5.70. The van der Waals surface area contributed by atoms with Crippen LogP contribution in [0.1, 0.15) is 17.7 Å². The van der Waals surface area contributed by atoms with Crippen LogP contribution in [0.2, 0.25) is 5.15 Å². The third-order valence-electron chi connectivity index (χ3n) is 2.32. The highest BCUT2D eigenvalue weighted by atomic mass is 35.5. The molecule has 0 amide bonds. The molecule has 0 bridgehead atoms. The second-order valence-corrected chi connectivity index (χ2v) is 4.00. The van der Waals surface area contributed by atoms with Crippen LogP contribution in [0.15, 0.2) is 18.2 Å². The Hall–Kier alpha value is -2.34. The number of hydrogen-bond donors (Lipinski definition) is 0. The second-order valence-electron chi connectivity index (χ2n) is 3.62. The lowest BCUT2D eigenvalue weighted by molar-refractivity contribution is -0.0530. The lowest BCUT2D eigenvalue weighted by Gasteiger charge is -2.08. The minimum Gasteiger partial charge on any atom is -0.415 e. The zero-order valence-corrected chi connectivity index (χ0v) is 10.7. The van der Waals surface area contributed by atoms with Gasteiger partial charge in [0, 0.05) is 6.07 Å². The van der Waals surface area contributed by atoms with Crippen LogP contribution in [0.3, 0.4) is 0 Å². The molecule has 0 unspecified atom stereocenters. The van der Waals surface area contributed by atoms with Gasteiger partial charge in [0.2, 0.25) is 5.88 Å². The lowest BCUT2D eigenvalue weighted by atomic mass is 10.2. The second kappa shape index (κ2) is 5.97. The van der Waals surface area contributed by atoms with Crippen LogP contribution in [-0.2, 0) is 0 Å². The van der Waals surface area contributed by atoms with Crippen molar-refractivity contribution in [2.24, 2.45) is 0 Å². The van der Waals surface area contributed by atoms with E-state index >= 15 is 0 Å². The molecule has 0 saturated carbocycles. The van der Waals surface area contributed by atoms with Crippen molar-refractivity contribution in [3.8, 4) is 17.8 Å². The Bertz CT molecular complexity index is 698. The molecule has 2 aromatic heterocycles. The van der Waals surface area contributed by atoms with Crippen LogP contribution in [0.25, 0.3) is 5.82 Å². The Labute approximate surface area is 120 Å². The summed E-state index contributed by atoms with van der Waals surface area (Å²) in [7, 11) is 0. The van der Waals surface area contributed by atoms with E-state index in [1.54, 1.807) is 6.07 Å². The number of aromatic nitrogens is 3. The maximum Gasteiger partial charge on any atom is 0.388 e. The van der Waals surface area contributed by atoms with E-state index in [-0.39, 0.29) is 10.8 Å². The van der Waals surface area contributed by atoms with E-state index in [0.717, 1.165) is 18.2 Å². The van der Waals surface area contributed by atoms with Crippen molar-refractivity contribution < 1.29 is 22.3 Å². The molecule has 0 fully saturated rings.